The minimum atomic E-state index is 1.32. The molecule has 10 heavy (non-hydrogen) atoms. The number of thioether (sulfide) groups is 2. The van der Waals surface area contributed by atoms with Crippen LogP contribution in [0.1, 0.15) is 6.92 Å². The summed E-state index contributed by atoms with van der Waals surface area (Å²) < 4.78 is 0. The summed E-state index contributed by atoms with van der Waals surface area (Å²) in [5.41, 5.74) is 1.32. The van der Waals surface area contributed by atoms with Gasteiger partial charge < -0.3 is 4.90 Å². The van der Waals surface area contributed by atoms with E-state index < -0.39 is 0 Å². The molecule has 0 atom stereocenters. The van der Waals surface area contributed by atoms with E-state index >= 15 is 0 Å². The van der Waals surface area contributed by atoms with E-state index in [9.17, 15) is 0 Å². The third kappa shape index (κ3) is 1.52. The summed E-state index contributed by atoms with van der Waals surface area (Å²) in [6, 6.07) is 0. The van der Waals surface area contributed by atoms with Crippen molar-refractivity contribution in [3.63, 3.8) is 0 Å². The van der Waals surface area contributed by atoms with Crippen molar-refractivity contribution in [3.8, 4) is 0 Å². The van der Waals surface area contributed by atoms with Gasteiger partial charge in [-0.1, -0.05) is 0 Å². The van der Waals surface area contributed by atoms with Gasteiger partial charge in [-0.3, -0.25) is 0 Å². The van der Waals surface area contributed by atoms with Gasteiger partial charge in [0.15, 0.2) is 0 Å². The van der Waals surface area contributed by atoms with Crippen LogP contribution in [0.5, 0.6) is 0 Å². The minimum absolute atomic E-state index is 1.32. The molecule has 1 aliphatic rings. The number of nitrogens with zero attached hydrogens (tertiary/aromatic N) is 1. The van der Waals surface area contributed by atoms with Gasteiger partial charge >= 0.3 is 0 Å². The lowest BCUT2D eigenvalue weighted by atomic mass is 10.5. The molecular formula is C7H11NS2. The Morgan fingerprint density at radius 2 is 2.20 bits per heavy atom. The Labute approximate surface area is 70.5 Å². The van der Waals surface area contributed by atoms with Gasteiger partial charge in [0.2, 0.25) is 0 Å². The molecule has 0 radical (unpaired) electrons. The molecule has 0 saturated heterocycles. The molecular weight excluding hydrogens is 162 g/mol. The van der Waals surface area contributed by atoms with Crippen molar-refractivity contribution in [2.45, 2.75) is 6.92 Å². The number of hydrogen-bond donors (Lipinski definition) is 0. The van der Waals surface area contributed by atoms with E-state index in [0.29, 0.717) is 0 Å². The van der Waals surface area contributed by atoms with Gasteiger partial charge in [-0.25, -0.2) is 0 Å². The van der Waals surface area contributed by atoms with Crippen molar-refractivity contribution in [3.05, 3.63) is 21.5 Å². The van der Waals surface area contributed by atoms with Gasteiger partial charge in [0.05, 0.1) is 5.03 Å². The van der Waals surface area contributed by atoms with E-state index in [4.69, 9.17) is 0 Å². The lowest BCUT2D eigenvalue weighted by Crippen LogP contribution is -2.14. The van der Waals surface area contributed by atoms with Crippen LogP contribution in [-0.4, -0.2) is 18.2 Å². The maximum atomic E-state index is 2.20. The van der Waals surface area contributed by atoms with Crippen LogP contribution in [0.3, 0.4) is 0 Å². The summed E-state index contributed by atoms with van der Waals surface area (Å²) in [5, 5.41) is 5.64. The SMILES string of the molecule is CSC1=CSC=C(C)N1C. The molecule has 0 amide bonds. The summed E-state index contributed by atoms with van der Waals surface area (Å²) in [6.45, 7) is 2.12. The first-order valence-corrected chi connectivity index (χ1v) is 5.22. The maximum absolute atomic E-state index is 2.20. The van der Waals surface area contributed by atoms with Crippen molar-refractivity contribution in [1.82, 2.24) is 4.90 Å². The first-order valence-electron chi connectivity index (χ1n) is 3.06. The van der Waals surface area contributed by atoms with Crippen LogP contribution in [0.15, 0.2) is 21.5 Å². The third-order valence-corrected chi connectivity index (χ3v) is 3.27. The highest BCUT2D eigenvalue weighted by Crippen LogP contribution is 2.29. The van der Waals surface area contributed by atoms with Crippen LogP contribution in [-0.2, 0) is 0 Å². The maximum Gasteiger partial charge on any atom is 0.0811 e. The smallest absolute Gasteiger partial charge is 0.0811 e. The topological polar surface area (TPSA) is 3.24 Å². The monoisotopic (exact) mass is 173 g/mol. The highest BCUT2D eigenvalue weighted by atomic mass is 32.2. The van der Waals surface area contributed by atoms with Crippen LogP contribution in [0, 0.1) is 0 Å². The van der Waals surface area contributed by atoms with Crippen molar-refractivity contribution >= 4 is 23.5 Å². The predicted molar refractivity (Wildman–Crippen MR) is 50.7 cm³/mol. The van der Waals surface area contributed by atoms with Crippen molar-refractivity contribution in [2.24, 2.45) is 0 Å². The first kappa shape index (κ1) is 8.08. The van der Waals surface area contributed by atoms with Crippen molar-refractivity contribution < 1.29 is 0 Å². The van der Waals surface area contributed by atoms with E-state index in [-0.39, 0.29) is 0 Å². The number of hydrogen-bond acceptors (Lipinski definition) is 3. The minimum Gasteiger partial charge on any atom is -0.342 e. The van der Waals surface area contributed by atoms with Crippen LogP contribution in [0.2, 0.25) is 0 Å². The molecule has 1 nitrogen and oxygen atoms in total. The van der Waals surface area contributed by atoms with E-state index in [2.05, 4.69) is 35.9 Å². The summed E-state index contributed by atoms with van der Waals surface area (Å²) in [4.78, 5) is 2.20. The van der Waals surface area contributed by atoms with Crippen LogP contribution in [0.25, 0.3) is 0 Å². The van der Waals surface area contributed by atoms with Crippen LogP contribution >= 0.6 is 23.5 Å². The second-order valence-corrected chi connectivity index (χ2v) is 3.68. The molecule has 0 aliphatic carbocycles. The van der Waals surface area contributed by atoms with E-state index in [1.54, 1.807) is 23.5 Å². The Kier molecular flexibility index (Phi) is 2.74. The highest BCUT2D eigenvalue weighted by Gasteiger charge is 2.07. The quantitative estimate of drug-likeness (QED) is 0.600. The average molecular weight is 173 g/mol. The predicted octanol–water partition coefficient (Wildman–Crippen LogP) is 2.69. The molecule has 0 spiro atoms. The fourth-order valence-electron chi connectivity index (χ4n) is 0.708. The largest absolute Gasteiger partial charge is 0.342 e. The number of rotatable bonds is 1. The Hall–Kier alpha value is -0.0200. The molecule has 3 heteroatoms. The molecule has 1 aliphatic heterocycles. The average Bonchev–Trinajstić information content (AvgIpc) is 1.95. The van der Waals surface area contributed by atoms with E-state index in [1.165, 1.54) is 10.7 Å². The second-order valence-electron chi connectivity index (χ2n) is 2.11. The molecule has 0 saturated carbocycles. The summed E-state index contributed by atoms with van der Waals surface area (Å²) in [7, 11) is 2.09. The van der Waals surface area contributed by atoms with E-state index in [1.807, 2.05) is 0 Å². The fourth-order valence-corrected chi connectivity index (χ4v) is 2.37. The van der Waals surface area contributed by atoms with Crippen molar-refractivity contribution in [1.29, 1.82) is 0 Å². The third-order valence-electron chi connectivity index (χ3n) is 1.48. The van der Waals surface area contributed by atoms with Gasteiger partial charge in [0, 0.05) is 18.2 Å². The second kappa shape index (κ2) is 3.39. The summed E-state index contributed by atoms with van der Waals surface area (Å²) in [5.74, 6) is 0. The number of allylic oxidation sites excluding steroid dienone is 1. The van der Waals surface area contributed by atoms with Gasteiger partial charge in [-0.05, 0) is 18.6 Å². The zero-order chi connectivity index (χ0) is 7.56. The van der Waals surface area contributed by atoms with Crippen molar-refractivity contribution in [2.75, 3.05) is 13.3 Å². The van der Waals surface area contributed by atoms with Gasteiger partial charge in [-0.15, -0.1) is 23.5 Å². The van der Waals surface area contributed by atoms with Gasteiger partial charge in [-0.2, -0.15) is 0 Å². The highest BCUT2D eigenvalue weighted by molar-refractivity contribution is 8.07. The Morgan fingerprint density at radius 1 is 1.50 bits per heavy atom. The molecule has 0 N–H and O–H groups in total. The lowest BCUT2D eigenvalue weighted by molar-refractivity contribution is 0.559. The molecule has 0 aromatic carbocycles. The Balaban J connectivity index is 2.70. The zero-order valence-electron chi connectivity index (χ0n) is 6.42. The molecule has 1 heterocycles. The zero-order valence-corrected chi connectivity index (χ0v) is 8.05. The van der Waals surface area contributed by atoms with Crippen LogP contribution < -0.4 is 0 Å². The lowest BCUT2D eigenvalue weighted by Gasteiger charge is -2.24. The molecule has 0 fully saturated rings. The molecule has 0 bridgehead atoms. The van der Waals surface area contributed by atoms with Gasteiger partial charge in [0.25, 0.3) is 0 Å². The fraction of sp³-hybridized carbons (Fsp3) is 0.429. The normalized spacial score (nSPS) is 18.5. The summed E-state index contributed by atoms with van der Waals surface area (Å²) in [6.07, 6.45) is 2.10. The Bertz CT molecular complexity index is 184. The summed E-state index contributed by atoms with van der Waals surface area (Å²) >= 11 is 3.54. The first-order chi connectivity index (χ1) is 4.75. The molecule has 1 rings (SSSR count). The van der Waals surface area contributed by atoms with Gasteiger partial charge in [0.1, 0.15) is 0 Å². The molecule has 56 valence electrons. The standard InChI is InChI=1S/C7H11NS2/c1-6-4-10-5-7(9-3)8(6)2/h4-5H,1-3H3. The van der Waals surface area contributed by atoms with Crippen LogP contribution in [0.4, 0.5) is 0 Å². The molecule has 0 aromatic rings. The van der Waals surface area contributed by atoms with E-state index in [0.717, 1.165) is 0 Å². The Morgan fingerprint density at radius 3 is 2.70 bits per heavy atom. The molecule has 0 aromatic heterocycles. The molecule has 0 unspecified atom stereocenters.